The quantitative estimate of drug-likeness (QED) is 0.724. The Morgan fingerprint density at radius 1 is 1.27 bits per heavy atom. The van der Waals surface area contributed by atoms with Crippen LogP contribution in [0.4, 0.5) is 10.2 Å². The van der Waals surface area contributed by atoms with E-state index in [-0.39, 0.29) is 16.8 Å². The fraction of sp³-hybridized carbons (Fsp3) is 0.250. The van der Waals surface area contributed by atoms with E-state index < -0.39 is 11.6 Å². The minimum Gasteiger partial charge on any atom is -0.505 e. The highest BCUT2D eigenvalue weighted by Gasteiger charge is 2.26. The number of hydrogen-bond acceptors (Lipinski definition) is 4. The Bertz CT molecular complexity index is 864. The van der Waals surface area contributed by atoms with Gasteiger partial charge in [0.15, 0.2) is 11.6 Å². The first kappa shape index (κ1) is 14.3. The molecule has 114 valence electrons. The van der Waals surface area contributed by atoms with Gasteiger partial charge in [0, 0.05) is 23.4 Å². The lowest BCUT2D eigenvalue weighted by Crippen LogP contribution is -2.16. The van der Waals surface area contributed by atoms with Gasteiger partial charge in [-0.05, 0) is 12.1 Å². The molecule has 2 aromatic heterocycles. The molecule has 0 aliphatic heterocycles. The average Bonchev–Trinajstić information content (AvgIpc) is 2.83. The number of phenolic OH excluding ortho intramolecular Hbond substituents is 1. The number of nitrogens with two attached hydrogens (primary N) is 1. The minimum atomic E-state index is -0.716. The van der Waals surface area contributed by atoms with Gasteiger partial charge in [0.2, 0.25) is 0 Å². The molecule has 3 aromatic rings. The Hall–Kier alpha value is -2.63. The van der Waals surface area contributed by atoms with Crippen LogP contribution in [0.15, 0.2) is 30.6 Å². The largest absolute Gasteiger partial charge is 0.505 e. The Labute approximate surface area is 127 Å². The Balaban J connectivity index is 2.43. The standard InChI is InChI=1S/C16H17FN4O/c1-16(2,3)15-20-12(9-5-4-6-10(22)11(9)17)13-14(18)19-7-8-21(13)15/h4-8,22H,1-3H3,(H2,18,19). The molecule has 0 aliphatic rings. The summed E-state index contributed by atoms with van der Waals surface area (Å²) in [6.45, 7) is 6.04. The molecule has 3 rings (SSSR count). The van der Waals surface area contributed by atoms with Crippen LogP contribution < -0.4 is 5.73 Å². The number of halogens is 1. The van der Waals surface area contributed by atoms with Crippen LogP contribution in [0.2, 0.25) is 0 Å². The van der Waals surface area contributed by atoms with Gasteiger partial charge in [-0.3, -0.25) is 4.40 Å². The minimum absolute atomic E-state index is 0.202. The first-order valence-electron chi connectivity index (χ1n) is 6.91. The van der Waals surface area contributed by atoms with Crippen LogP contribution in [0.1, 0.15) is 26.6 Å². The van der Waals surface area contributed by atoms with Gasteiger partial charge in [-0.15, -0.1) is 0 Å². The van der Waals surface area contributed by atoms with Crippen molar-refractivity contribution in [1.82, 2.24) is 14.4 Å². The lowest BCUT2D eigenvalue weighted by atomic mass is 9.96. The fourth-order valence-corrected chi connectivity index (χ4v) is 2.48. The lowest BCUT2D eigenvalue weighted by molar-refractivity contribution is 0.433. The highest BCUT2D eigenvalue weighted by atomic mass is 19.1. The number of nitrogens with zero attached hydrogens (tertiary/aromatic N) is 3. The maximum absolute atomic E-state index is 14.3. The van der Waals surface area contributed by atoms with E-state index in [4.69, 9.17) is 5.73 Å². The van der Waals surface area contributed by atoms with E-state index in [1.165, 1.54) is 6.07 Å². The van der Waals surface area contributed by atoms with Gasteiger partial charge >= 0.3 is 0 Å². The summed E-state index contributed by atoms with van der Waals surface area (Å²) in [6.07, 6.45) is 3.34. The Morgan fingerprint density at radius 3 is 2.68 bits per heavy atom. The van der Waals surface area contributed by atoms with Crippen LogP contribution in [0.25, 0.3) is 16.8 Å². The van der Waals surface area contributed by atoms with Gasteiger partial charge in [0.05, 0.1) is 0 Å². The van der Waals surface area contributed by atoms with E-state index in [0.29, 0.717) is 11.2 Å². The molecule has 0 saturated heterocycles. The molecule has 22 heavy (non-hydrogen) atoms. The predicted octanol–water partition coefficient (Wildman–Crippen LogP) is 3.12. The summed E-state index contributed by atoms with van der Waals surface area (Å²) in [5.74, 6) is -0.123. The second kappa shape index (κ2) is 4.69. The molecule has 2 heterocycles. The van der Waals surface area contributed by atoms with Gasteiger partial charge in [0.25, 0.3) is 0 Å². The maximum Gasteiger partial charge on any atom is 0.174 e. The number of nitrogen functional groups attached to an aromatic ring is 1. The number of phenols is 1. The van der Waals surface area contributed by atoms with Gasteiger partial charge in [-0.2, -0.15) is 0 Å². The van der Waals surface area contributed by atoms with Crippen LogP contribution in [0.3, 0.4) is 0 Å². The summed E-state index contributed by atoms with van der Waals surface area (Å²) < 4.78 is 16.1. The zero-order chi connectivity index (χ0) is 16.1. The Morgan fingerprint density at radius 2 is 2.00 bits per heavy atom. The summed E-state index contributed by atoms with van der Waals surface area (Å²) in [6, 6.07) is 4.43. The molecule has 5 nitrogen and oxygen atoms in total. The highest BCUT2D eigenvalue weighted by molar-refractivity contribution is 5.86. The van der Waals surface area contributed by atoms with Crippen molar-refractivity contribution >= 4 is 11.3 Å². The van der Waals surface area contributed by atoms with E-state index in [1.54, 1.807) is 24.5 Å². The smallest absolute Gasteiger partial charge is 0.174 e. The monoisotopic (exact) mass is 300 g/mol. The second-order valence-electron chi connectivity index (χ2n) is 6.20. The summed E-state index contributed by atoms with van der Waals surface area (Å²) in [7, 11) is 0. The van der Waals surface area contributed by atoms with Crippen molar-refractivity contribution < 1.29 is 9.50 Å². The first-order chi connectivity index (χ1) is 10.3. The van der Waals surface area contributed by atoms with Crippen LogP contribution in [-0.2, 0) is 5.41 Å². The van der Waals surface area contributed by atoms with E-state index >= 15 is 0 Å². The zero-order valence-corrected chi connectivity index (χ0v) is 12.6. The summed E-state index contributed by atoms with van der Waals surface area (Å²) in [4.78, 5) is 8.66. The maximum atomic E-state index is 14.3. The number of aromatic nitrogens is 3. The molecular weight excluding hydrogens is 283 g/mol. The molecule has 1 aromatic carbocycles. The van der Waals surface area contributed by atoms with E-state index in [0.717, 1.165) is 5.82 Å². The third kappa shape index (κ3) is 2.07. The predicted molar refractivity (Wildman–Crippen MR) is 83.2 cm³/mol. The Kier molecular flexibility index (Phi) is 3.05. The molecule has 6 heteroatoms. The second-order valence-corrected chi connectivity index (χ2v) is 6.20. The molecule has 0 fully saturated rings. The molecule has 0 atom stereocenters. The molecule has 0 unspecified atom stereocenters. The average molecular weight is 300 g/mol. The van der Waals surface area contributed by atoms with Crippen molar-refractivity contribution in [3.05, 3.63) is 42.2 Å². The number of aromatic hydroxyl groups is 1. The number of rotatable bonds is 1. The molecule has 0 radical (unpaired) electrons. The third-order valence-electron chi connectivity index (χ3n) is 3.49. The van der Waals surface area contributed by atoms with Gasteiger partial charge in [0.1, 0.15) is 22.9 Å². The highest BCUT2D eigenvalue weighted by Crippen LogP contribution is 2.35. The van der Waals surface area contributed by atoms with Crippen molar-refractivity contribution in [2.24, 2.45) is 0 Å². The summed E-state index contributed by atoms with van der Waals surface area (Å²) >= 11 is 0. The van der Waals surface area contributed by atoms with Gasteiger partial charge < -0.3 is 10.8 Å². The van der Waals surface area contributed by atoms with Crippen molar-refractivity contribution in [3.8, 4) is 17.0 Å². The molecule has 0 bridgehead atoms. The van der Waals surface area contributed by atoms with Crippen molar-refractivity contribution in [1.29, 1.82) is 0 Å². The van der Waals surface area contributed by atoms with Crippen LogP contribution in [-0.4, -0.2) is 19.5 Å². The number of imidazole rings is 1. The van der Waals surface area contributed by atoms with Crippen LogP contribution in [0, 0.1) is 5.82 Å². The molecule has 0 spiro atoms. The summed E-state index contributed by atoms with van der Waals surface area (Å²) in [5, 5.41) is 9.61. The first-order valence-corrected chi connectivity index (χ1v) is 6.91. The van der Waals surface area contributed by atoms with E-state index in [1.807, 2.05) is 25.2 Å². The molecule has 3 N–H and O–H groups in total. The van der Waals surface area contributed by atoms with Crippen molar-refractivity contribution in [2.45, 2.75) is 26.2 Å². The number of benzene rings is 1. The molecule has 0 saturated carbocycles. The van der Waals surface area contributed by atoms with E-state index in [9.17, 15) is 9.50 Å². The van der Waals surface area contributed by atoms with Crippen LogP contribution >= 0.6 is 0 Å². The van der Waals surface area contributed by atoms with Crippen molar-refractivity contribution in [2.75, 3.05) is 5.73 Å². The molecular formula is C16H17FN4O. The fourth-order valence-electron chi connectivity index (χ4n) is 2.48. The molecule has 0 amide bonds. The number of anilines is 1. The lowest BCUT2D eigenvalue weighted by Gasteiger charge is -2.16. The third-order valence-corrected chi connectivity index (χ3v) is 3.49. The number of fused-ring (bicyclic) bond motifs is 1. The summed E-state index contributed by atoms with van der Waals surface area (Å²) in [5.41, 5.74) is 6.84. The normalized spacial score (nSPS) is 12.0. The van der Waals surface area contributed by atoms with Gasteiger partial charge in [-0.1, -0.05) is 26.8 Å². The topological polar surface area (TPSA) is 76.4 Å². The van der Waals surface area contributed by atoms with Gasteiger partial charge in [-0.25, -0.2) is 14.4 Å². The molecule has 0 aliphatic carbocycles. The van der Waals surface area contributed by atoms with Crippen molar-refractivity contribution in [3.63, 3.8) is 0 Å². The SMILES string of the molecule is CC(C)(C)c1nc(-c2cccc(O)c2F)c2c(N)nccn12. The number of hydrogen-bond donors (Lipinski definition) is 2. The van der Waals surface area contributed by atoms with E-state index in [2.05, 4.69) is 9.97 Å². The zero-order valence-electron chi connectivity index (χ0n) is 12.6. The van der Waals surface area contributed by atoms with Crippen LogP contribution in [0.5, 0.6) is 5.75 Å².